The normalized spacial score (nSPS) is 16.4. The van der Waals surface area contributed by atoms with Gasteiger partial charge in [-0.05, 0) is 55.7 Å². The zero-order chi connectivity index (χ0) is 19.3. The van der Waals surface area contributed by atoms with Crippen molar-refractivity contribution in [1.82, 2.24) is 5.43 Å². The van der Waals surface area contributed by atoms with Gasteiger partial charge in [0.15, 0.2) is 0 Å². The summed E-state index contributed by atoms with van der Waals surface area (Å²) in [7, 11) is 0. The topological polar surface area (TPSA) is 74.8 Å². The van der Waals surface area contributed by atoms with E-state index in [1.54, 1.807) is 26.0 Å². The molecule has 0 bridgehead atoms. The van der Waals surface area contributed by atoms with E-state index < -0.39 is 5.63 Å². The van der Waals surface area contributed by atoms with Gasteiger partial charge in [0.2, 0.25) is 0 Å². The minimum atomic E-state index is -0.405. The third-order valence-corrected chi connectivity index (χ3v) is 5.20. The Labute approximate surface area is 155 Å². The summed E-state index contributed by atoms with van der Waals surface area (Å²) >= 11 is 0. The Hall–Kier alpha value is -3.15. The zero-order valence-electron chi connectivity index (χ0n) is 15.3. The number of rotatable bonds is 2. The number of aromatic hydroxyl groups is 1. The maximum Gasteiger partial charge on any atom is 0.339 e. The molecule has 0 saturated heterocycles. The quantitative estimate of drug-likeness (QED) is 0.672. The van der Waals surface area contributed by atoms with E-state index in [0.29, 0.717) is 39.8 Å². The summed E-state index contributed by atoms with van der Waals surface area (Å²) in [6, 6.07) is 7.97. The largest absolute Gasteiger partial charge is 0.506 e. The van der Waals surface area contributed by atoms with Crippen molar-refractivity contribution in [3.63, 3.8) is 0 Å². The van der Waals surface area contributed by atoms with E-state index in [1.165, 1.54) is 12.1 Å². The molecule has 0 spiro atoms. The van der Waals surface area contributed by atoms with Crippen LogP contribution in [-0.4, -0.2) is 10.8 Å². The lowest BCUT2D eigenvalue weighted by Gasteiger charge is -2.14. The second-order valence-corrected chi connectivity index (χ2v) is 6.93. The fourth-order valence-corrected chi connectivity index (χ4v) is 3.61. The van der Waals surface area contributed by atoms with Crippen molar-refractivity contribution in [2.75, 3.05) is 0 Å². The number of fused-ring (bicyclic) bond motifs is 1. The fourth-order valence-electron chi connectivity index (χ4n) is 3.61. The van der Waals surface area contributed by atoms with Crippen LogP contribution in [0.4, 0.5) is 4.39 Å². The van der Waals surface area contributed by atoms with Crippen LogP contribution in [-0.2, 0) is 0 Å². The highest BCUT2D eigenvalue weighted by Crippen LogP contribution is 2.37. The molecule has 0 fully saturated rings. The van der Waals surface area contributed by atoms with Crippen molar-refractivity contribution in [3.05, 3.63) is 74.4 Å². The van der Waals surface area contributed by atoms with Crippen LogP contribution in [0.15, 0.2) is 44.6 Å². The molecule has 138 valence electrons. The Morgan fingerprint density at radius 2 is 2.00 bits per heavy atom. The molecule has 1 aliphatic heterocycles. The molecule has 6 heteroatoms. The molecule has 2 N–H and O–H groups in total. The number of hydrazone groups is 1. The number of hydrogen-bond donors (Lipinski definition) is 2. The first-order valence-corrected chi connectivity index (χ1v) is 8.71. The summed E-state index contributed by atoms with van der Waals surface area (Å²) in [4.78, 5) is 11.9. The average Bonchev–Trinajstić information content (AvgIpc) is 3.09. The van der Waals surface area contributed by atoms with Gasteiger partial charge in [-0.15, -0.1) is 0 Å². The lowest BCUT2D eigenvalue weighted by atomic mass is 9.93. The van der Waals surface area contributed by atoms with Crippen LogP contribution in [0, 0.1) is 26.6 Å². The van der Waals surface area contributed by atoms with E-state index in [-0.39, 0.29) is 17.6 Å². The summed E-state index contributed by atoms with van der Waals surface area (Å²) in [6.45, 7) is 5.30. The SMILES string of the molecule is Cc1cc2oc(=O)c(C)c(C)c2c(O)c1C1=NN[C@H](c2cccc(F)c2)C1. The van der Waals surface area contributed by atoms with Crippen molar-refractivity contribution in [2.45, 2.75) is 33.2 Å². The molecule has 0 unspecified atom stereocenters. The van der Waals surface area contributed by atoms with Gasteiger partial charge in [0, 0.05) is 17.5 Å². The maximum atomic E-state index is 13.5. The van der Waals surface area contributed by atoms with Gasteiger partial charge in [-0.3, -0.25) is 0 Å². The van der Waals surface area contributed by atoms with Gasteiger partial charge in [0.25, 0.3) is 0 Å². The van der Waals surface area contributed by atoms with Gasteiger partial charge >= 0.3 is 5.63 Å². The third-order valence-electron chi connectivity index (χ3n) is 5.20. The monoisotopic (exact) mass is 366 g/mol. The summed E-state index contributed by atoms with van der Waals surface area (Å²) in [5, 5.41) is 15.9. The Kier molecular flexibility index (Phi) is 3.98. The van der Waals surface area contributed by atoms with Gasteiger partial charge in [0.05, 0.1) is 17.1 Å². The van der Waals surface area contributed by atoms with Crippen LogP contribution in [0.25, 0.3) is 11.0 Å². The van der Waals surface area contributed by atoms with Crippen molar-refractivity contribution in [1.29, 1.82) is 0 Å². The number of phenolic OH excluding ortho intramolecular Hbond substituents is 1. The summed E-state index contributed by atoms with van der Waals surface area (Å²) in [6.07, 6.45) is 0.512. The lowest BCUT2D eigenvalue weighted by molar-refractivity contribution is 0.476. The number of nitrogens with zero attached hydrogens (tertiary/aromatic N) is 1. The number of halogens is 1. The molecule has 0 amide bonds. The van der Waals surface area contributed by atoms with E-state index >= 15 is 0 Å². The molecule has 1 aromatic heterocycles. The highest BCUT2D eigenvalue weighted by molar-refractivity contribution is 6.09. The smallest absolute Gasteiger partial charge is 0.339 e. The van der Waals surface area contributed by atoms with E-state index in [4.69, 9.17) is 4.42 Å². The molecule has 1 atom stereocenters. The predicted octanol–water partition coefficient (Wildman–Crippen LogP) is 4.00. The predicted molar refractivity (Wildman–Crippen MR) is 102 cm³/mol. The van der Waals surface area contributed by atoms with E-state index in [1.807, 2.05) is 13.0 Å². The molecule has 0 aliphatic carbocycles. The molecule has 2 heterocycles. The molecule has 5 nitrogen and oxygen atoms in total. The van der Waals surface area contributed by atoms with Crippen molar-refractivity contribution in [2.24, 2.45) is 5.10 Å². The van der Waals surface area contributed by atoms with E-state index in [9.17, 15) is 14.3 Å². The van der Waals surface area contributed by atoms with Crippen LogP contribution in [0.2, 0.25) is 0 Å². The van der Waals surface area contributed by atoms with Crippen molar-refractivity contribution >= 4 is 16.7 Å². The standard InChI is InChI=1S/C21H19FN2O3/c1-10-7-17-19(11(2)12(3)21(26)27-17)20(25)18(10)16-9-15(23-24-16)13-5-4-6-14(22)8-13/h4-8,15,23,25H,9H2,1-3H3/t15-/m0/s1. The van der Waals surface area contributed by atoms with Crippen molar-refractivity contribution in [3.8, 4) is 5.75 Å². The Morgan fingerprint density at radius 1 is 1.22 bits per heavy atom. The highest BCUT2D eigenvalue weighted by Gasteiger charge is 2.26. The number of phenols is 1. The molecule has 2 aromatic carbocycles. The minimum absolute atomic E-state index is 0.0507. The van der Waals surface area contributed by atoms with Gasteiger partial charge in [-0.1, -0.05) is 12.1 Å². The molecule has 0 saturated carbocycles. The molecule has 1 aliphatic rings. The Morgan fingerprint density at radius 3 is 2.74 bits per heavy atom. The van der Waals surface area contributed by atoms with Crippen LogP contribution >= 0.6 is 0 Å². The summed E-state index contributed by atoms with van der Waals surface area (Å²) in [5.74, 6) is -0.247. The first-order chi connectivity index (χ1) is 12.9. The van der Waals surface area contributed by atoms with Gasteiger partial charge < -0.3 is 14.9 Å². The number of hydrogen-bond acceptors (Lipinski definition) is 5. The molecular weight excluding hydrogens is 347 g/mol. The van der Waals surface area contributed by atoms with Crippen LogP contribution < -0.4 is 11.1 Å². The van der Waals surface area contributed by atoms with Crippen molar-refractivity contribution < 1.29 is 13.9 Å². The average molecular weight is 366 g/mol. The zero-order valence-corrected chi connectivity index (χ0v) is 15.3. The van der Waals surface area contributed by atoms with E-state index in [0.717, 1.165) is 11.1 Å². The Balaban J connectivity index is 1.80. The van der Waals surface area contributed by atoms with Crippen LogP contribution in [0.1, 0.15) is 40.3 Å². The van der Waals surface area contributed by atoms with Gasteiger partial charge in [-0.25, -0.2) is 9.18 Å². The second kappa shape index (κ2) is 6.23. The van der Waals surface area contributed by atoms with Gasteiger partial charge in [0.1, 0.15) is 17.1 Å². The molecule has 3 aromatic rings. The number of nitrogens with one attached hydrogen (secondary N) is 1. The molecule has 4 rings (SSSR count). The highest BCUT2D eigenvalue weighted by atomic mass is 19.1. The summed E-state index contributed by atoms with van der Waals surface area (Å²) in [5.41, 5.74) is 6.98. The van der Waals surface area contributed by atoms with Gasteiger partial charge in [-0.2, -0.15) is 5.10 Å². The first kappa shape index (κ1) is 17.3. The van der Waals surface area contributed by atoms with Crippen LogP contribution in [0.5, 0.6) is 5.75 Å². The van der Waals surface area contributed by atoms with Crippen LogP contribution in [0.3, 0.4) is 0 Å². The molecule has 0 radical (unpaired) electrons. The lowest BCUT2D eigenvalue weighted by Crippen LogP contribution is -2.10. The number of benzene rings is 2. The molecular formula is C21H19FN2O3. The fraction of sp³-hybridized carbons (Fsp3) is 0.238. The molecule has 27 heavy (non-hydrogen) atoms. The maximum absolute atomic E-state index is 13.5. The van der Waals surface area contributed by atoms with E-state index in [2.05, 4.69) is 10.5 Å². The second-order valence-electron chi connectivity index (χ2n) is 6.93. The Bertz CT molecular complexity index is 1160. The third kappa shape index (κ3) is 2.77. The minimum Gasteiger partial charge on any atom is -0.506 e. The first-order valence-electron chi connectivity index (χ1n) is 8.71. The summed E-state index contributed by atoms with van der Waals surface area (Å²) < 4.78 is 18.9. The number of aryl methyl sites for hydroxylation is 2.